The van der Waals surface area contributed by atoms with Crippen LogP contribution in [0.25, 0.3) is 0 Å². The fourth-order valence-electron chi connectivity index (χ4n) is 1.88. The standard InChI is InChI=1S/C14H24N2O2/c1-17-9-10-18-8-2-6-16-7-5-13(12-16)11-15-14-3-4-14/h5,7,12,14-15H,2-4,6,8-11H2,1H3. The minimum absolute atomic E-state index is 0.681. The minimum atomic E-state index is 0.681. The molecule has 1 heterocycles. The molecule has 0 aliphatic heterocycles. The Bertz CT molecular complexity index is 334. The summed E-state index contributed by atoms with van der Waals surface area (Å²) in [6, 6.07) is 2.98. The number of nitrogens with one attached hydrogen (secondary N) is 1. The van der Waals surface area contributed by atoms with Crippen LogP contribution in [-0.4, -0.2) is 37.5 Å². The fraction of sp³-hybridized carbons (Fsp3) is 0.714. The van der Waals surface area contributed by atoms with Crippen molar-refractivity contribution < 1.29 is 9.47 Å². The van der Waals surface area contributed by atoms with E-state index in [9.17, 15) is 0 Å². The Morgan fingerprint density at radius 1 is 1.33 bits per heavy atom. The summed E-state index contributed by atoms with van der Waals surface area (Å²) in [5.74, 6) is 0. The Labute approximate surface area is 109 Å². The SMILES string of the molecule is COCCOCCCn1ccc(CNC2CC2)c1. The molecule has 1 aromatic heterocycles. The number of aromatic nitrogens is 1. The highest BCUT2D eigenvalue weighted by Gasteiger charge is 2.19. The first-order valence-corrected chi connectivity index (χ1v) is 6.83. The molecule has 0 saturated heterocycles. The topological polar surface area (TPSA) is 35.4 Å². The lowest BCUT2D eigenvalue weighted by Gasteiger charge is -2.04. The highest BCUT2D eigenvalue weighted by Crippen LogP contribution is 2.19. The zero-order chi connectivity index (χ0) is 12.6. The van der Waals surface area contributed by atoms with Crippen LogP contribution in [0.3, 0.4) is 0 Å². The molecule has 1 saturated carbocycles. The molecule has 0 bridgehead atoms. The van der Waals surface area contributed by atoms with Gasteiger partial charge in [-0.3, -0.25) is 0 Å². The van der Waals surface area contributed by atoms with Crippen molar-refractivity contribution in [3.05, 3.63) is 24.0 Å². The van der Waals surface area contributed by atoms with E-state index in [4.69, 9.17) is 9.47 Å². The number of aryl methyl sites for hydroxylation is 1. The van der Waals surface area contributed by atoms with E-state index in [1.807, 2.05) is 0 Å². The zero-order valence-corrected chi connectivity index (χ0v) is 11.2. The van der Waals surface area contributed by atoms with E-state index < -0.39 is 0 Å². The maximum atomic E-state index is 5.44. The summed E-state index contributed by atoms with van der Waals surface area (Å²) in [4.78, 5) is 0. The number of ether oxygens (including phenoxy) is 2. The summed E-state index contributed by atoms with van der Waals surface area (Å²) in [5, 5.41) is 3.52. The lowest BCUT2D eigenvalue weighted by molar-refractivity contribution is 0.0680. The second-order valence-electron chi connectivity index (χ2n) is 4.87. The van der Waals surface area contributed by atoms with Gasteiger partial charge >= 0.3 is 0 Å². The maximum Gasteiger partial charge on any atom is 0.0700 e. The van der Waals surface area contributed by atoms with Gasteiger partial charge in [0.2, 0.25) is 0 Å². The Kier molecular flexibility index (Phi) is 5.71. The molecule has 18 heavy (non-hydrogen) atoms. The van der Waals surface area contributed by atoms with E-state index in [1.54, 1.807) is 7.11 Å². The first-order valence-electron chi connectivity index (χ1n) is 6.83. The summed E-state index contributed by atoms with van der Waals surface area (Å²) >= 11 is 0. The van der Waals surface area contributed by atoms with Gasteiger partial charge < -0.3 is 19.4 Å². The van der Waals surface area contributed by atoms with E-state index in [1.165, 1.54) is 18.4 Å². The van der Waals surface area contributed by atoms with Gasteiger partial charge in [-0.2, -0.15) is 0 Å². The smallest absolute Gasteiger partial charge is 0.0700 e. The monoisotopic (exact) mass is 252 g/mol. The van der Waals surface area contributed by atoms with Crippen LogP contribution in [0.4, 0.5) is 0 Å². The van der Waals surface area contributed by atoms with Crippen molar-refractivity contribution in [1.82, 2.24) is 9.88 Å². The molecule has 1 N–H and O–H groups in total. The van der Waals surface area contributed by atoms with E-state index >= 15 is 0 Å². The molecule has 4 nitrogen and oxygen atoms in total. The molecular formula is C14H24N2O2. The number of hydrogen-bond donors (Lipinski definition) is 1. The van der Waals surface area contributed by atoms with Crippen LogP contribution in [0.15, 0.2) is 18.5 Å². The highest BCUT2D eigenvalue weighted by molar-refractivity contribution is 5.10. The van der Waals surface area contributed by atoms with E-state index in [2.05, 4.69) is 28.3 Å². The fourth-order valence-corrected chi connectivity index (χ4v) is 1.88. The number of rotatable bonds is 10. The Morgan fingerprint density at radius 2 is 2.22 bits per heavy atom. The van der Waals surface area contributed by atoms with Crippen LogP contribution in [0.1, 0.15) is 24.8 Å². The molecule has 1 fully saturated rings. The van der Waals surface area contributed by atoms with Crippen molar-refractivity contribution in [3.63, 3.8) is 0 Å². The molecule has 1 aromatic rings. The molecule has 0 atom stereocenters. The van der Waals surface area contributed by atoms with E-state index in [0.717, 1.165) is 32.2 Å². The summed E-state index contributed by atoms with van der Waals surface area (Å²) in [6.07, 6.45) is 8.12. The third-order valence-electron chi connectivity index (χ3n) is 3.12. The van der Waals surface area contributed by atoms with Gasteiger partial charge in [-0.25, -0.2) is 0 Å². The molecule has 102 valence electrons. The normalized spacial score (nSPS) is 15.2. The van der Waals surface area contributed by atoms with Crippen LogP contribution >= 0.6 is 0 Å². The van der Waals surface area contributed by atoms with Crippen molar-refractivity contribution in [2.45, 2.75) is 38.4 Å². The first-order chi connectivity index (χ1) is 8.88. The Hall–Kier alpha value is -0.840. The Balaban J connectivity index is 1.54. The van der Waals surface area contributed by atoms with Gasteiger partial charge in [0.05, 0.1) is 13.2 Å². The summed E-state index contributed by atoms with van der Waals surface area (Å²) in [6.45, 7) is 4.20. The lowest BCUT2D eigenvalue weighted by atomic mass is 10.3. The van der Waals surface area contributed by atoms with Gasteiger partial charge in [-0.15, -0.1) is 0 Å². The van der Waals surface area contributed by atoms with Gasteiger partial charge in [0.1, 0.15) is 0 Å². The van der Waals surface area contributed by atoms with Gasteiger partial charge in [0.25, 0.3) is 0 Å². The van der Waals surface area contributed by atoms with Crippen molar-refractivity contribution >= 4 is 0 Å². The van der Waals surface area contributed by atoms with Crippen LogP contribution in [0.5, 0.6) is 0 Å². The van der Waals surface area contributed by atoms with Crippen molar-refractivity contribution in [2.75, 3.05) is 26.9 Å². The van der Waals surface area contributed by atoms with Crippen molar-refractivity contribution in [2.24, 2.45) is 0 Å². The molecule has 2 rings (SSSR count). The summed E-state index contributed by atoms with van der Waals surface area (Å²) in [7, 11) is 1.69. The largest absolute Gasteiger partial charge is 0.382 e. The van der Waals surface area contributed by atoms with E-state index in [0.29, 0.717) is 13.2 Å². The van der Waals surface area contributed by atoms with Crippen LogP contribution in [-0.2, 0) is 22.6 Å². The summed E-state index contributed by atoms with van der Waals surface area (Å²) in [5.41, 5.74) is 1.38. The average molecular weight is 252 g/mol. The molecule has 0 amide bonds. The number of methoxy groups -OCH3 is 1. The van der Waals surface area contributed by atoms with Crippen molar-refractivity contribution in [1.29, 1.82) is 0 Å². The molecular weight excluding hydrogens is 228 g/mol. The van der Waals surface area contributed by atoms with Crippen molar-refractivity contribution in [3.8, 4) is 0 Å². The third-order valence-corrected chi connectivity index (χ3v) is 3.12. The predicted molar refractivity (Wildman–Crippen MR) is 71.6 cm³/mol. The molecule has 1 aliphatic carbocycles. The van der Waals surface area contributed by atoms with Gasteiger partial charge in [-0.1, -0.05) is 0 Å². The molecule has 0 radical (unpaired) electrons. The van der Waals surface area contributed by atoms with Crippen LogP contribution in [0.2, 0.25) is 0 Å². The quantitative estimate of drug-likeness (QED) is 0.645. The number of hydrogen-bond acceptors (Lipinski definition) is 3. The average Bonchev–Trinajstić information content (AvgIpc) is 3.11. The molecule has 0 spiro atoms. The lowest BCUT2D eigenvalue weighted by Crippen LogP contribution is -2.14. The van der Waals surface area contributed by atoms with Gasteiger partial charge in [0.15, 0.2) is 0 Å². The van der Waals surface area contributed by atoms with Gasteiger partial charge in [-0.05, 0) is 30.9 Å². The third kappa shape index (κ3) is 5.21. The minimum Gasteiger partial charge on any atom is -0.382 e. The predicted octanol–water partition coefficient (Wildman–Crippen LogP) is 1.79. The molecule has 0 aromatic carbocycles. The number of nitrogens with zero attached hydrogens (tertiary/aromatic N) is 1. The second-order valence-corrected chi connectivity index (χ2v) is 4.87. The Morgan fingerprint density at radius 3 is 3.00 bits per heavy atom. The molecule has 4 heteroatoms. The zero-order valence-electron chi connectivity index (χ0n) is 11.2. The molecule has 0 unspecified atom stereocenters. The van der Waals surface area contributed by atoms with Crippen LogP contribution in [0, 0.1) is 0 Å². The maximum absolute atomic E-state index is 5.44. The van der Waals surface area contributed by atoms with Gasteiger partial charge in [0, 0.05) is 45.2 Å². The summed E-state index contributed by atoms with van der Waals surface area (Å²) < 4.78 is 12.6. The first kappa shape index (κ1) is 13.6. The van der Waals surface area contributed by atoms with E-state index in [-0.39, 0.29) is 0 Å². The molecule has 1 aliphatic rings. The second kappa shape index (κ2) is 7.56. The van der Waals surface area contributed by atoms with Crippen LogP contribution < -0.4 is 5.32 Å². The highest BCUT2D eigenvalue weighted by atomic mass is 16.5.